The lowest BCUT2D eigenvalue weighted by Crippen LogP contribution is -2.25. The Balaban J connectivity index is 1.04. The van der Waals surface area contributed by atoms with Crippen LogP contribution in [-0.2, 0) is 4.79 Å². The number of nitrogen functional groups attached to an aromatic ring is 1. The van der Waals surface area contributed by atoms with Crippen LogP contribution in [0.15, 0.2) is 60.7 Å². The van der Waals surface area contributed by atoms with Crippen molar-refractivity contribution >= 4 is 52.3 Å². The van der Waals surface area contributed by atoms with Crippen molar-refractivity contribution in [3.8, 4) is 0 Å². The molecule has 0 radical (unpaired) electrons. The van der Waals surface area contributed by atoms with Crippen molar-refractivity contribution in [3.05, 3.63) is 100 Å². The number of hydrogen-bond donors (Lipinski definition) is 6. The second kappa shape index (κ2) is 13.9. The number of unbranched alkanes of at least 4 members (excludes halogenated alkanes) is 3. The number of carbonyl (C=O) groups excluding carboxylic acids is 3. The number of benzene rings is 2. The minimum atomic E-state index is -0.425. The van der Waals surface area contributed by atoms with Crippen LogP contribution >= 0.6 is 0 Å². The second-order valence-corrected chi connectivity index (χ2v) is 10.9. The number of carbonyl (C=O) groups is 3. The fourth-order valence-corrected chi connectivity index (χ4v) is 5.27. The number of halogens is 1. The summed E-state index contributed by atoms with van der Waals surface area (Å²) in [4.78, 5) is 45.7. The third kappa shape index (κ3) is 7.38. The van der Waals surface area contributed by atoms with Crippen molar-refractivity contribution < 1.29 is 18.8 Å². The molecule has 1 aliphatic heterocycles. The molecule has 3 heterocycles. The molecule has 3 amide bonds. The van der Waals surface area contributed by atoms with E-state index in [-0.39, 0.29) is 17.7 Å². The van der Waals surface area contributed by atoms with E-state index in [9.17, 15) is 18.8 Å². The van der Waals surface area contributed by atoms with Gasteiger partial charge >= 0.3 is 0 Å². The number of rotatable bonds is 12. The molecule has 10 nitrogen and oxygen atoms in total. The van der Waals surface area contributed by atoms with Gasteiger partial charge in [0.1, 0.15) is 17.3 Å². The van der Waals surface area contributed by atoms with E-state index in [1.165, 1.54) is 18.2 Å². The third-order valence-electron chi connectivity index (χ3n) is 7.64. The van der Waals surface area contributed by atoms with Gasteiger partial charge < -0.3 is 32.0 Å². The highest BCUT2D eigenvalue weighted by Crippen LogP contribution is 2.34. The average molecular weight is 610 g/mol. The largest absolute Gasteiger partial charge is 0.397 e. The molecule has 7 N–H and O–H groups in total. The molecule has 0 unspecified atom stereocenters. The predicted molar refractivity (Wildman–Crippen MR) is 176 cm³/mol. The van der Waals surface area contributed by atoms with Gasteiger partial charge in [0.2, 0.25) is 0 Å². The van der Waals surface area contributed by atoms with Crippen LogP contribution in [0.1, 0.15) is 69.0 Å². The molecule has 2 aromatic carbocycles. The van der Waals surface area contributed by atoms with Crippen LogP contribution in [0.2, 0.25) is 0 Å². The molecular formula is C34H36FN7O3. The van der Waals surface area contributed by atoms with E-state index in [2.05, 4.69) is 31.2 Å². The van der Waals surface area contributed by atoms with Crippen molar-refractivity contribution in [1.29, 1.82) is 0 Å². The van der Waals surface area contributed by atoms with Crippen molar-refractivity contribution in [2.45, 2.75) is 39.5 Å². The van der Waals surface area contributed by atoms with Crippen molar-refractivity contribution in [2.75, 3.05) is 34.8 Å². The van der Waals surface area contributed by atoms with Gasteiger partial charge in [-0.3, -0.25) is 14.4 Å². The Kier molecular flexibility index (Phi) is 9.57. The maximum Gasteiger partial charge on any atom is 0.274 e. The average Bonchev–Trinajstić information content (AvgIpc) is 3.48. The Morgan fingerprint density at radius 1 is 0.956 bits per heavy atom. The van der Waals surface area contributed by atoms with Crippen LogP contribution in [0.3, 0.4) is 0 Å². The van der Waals surface area contributed by atoms with Gasteiger partial charge in [0, 0.05) is 35.7 Å². The summed E-state index contributed by atoms with van der Waals surface area (Å²) < 4.78 is 13.8. The minimum Gasteiger partial charge on any atom is -0.397 e. The molecular weight excluding hydrogens is 573 g/mol. The van der Waals surface area contributed by atoms with Crippen molar-refractivity contribution in [1.82, 2.24) is 15.3 Å². The molecule has 11 heteroatoms. The summed E-state index contributed by atoms with van der Waals surface area (Å²) in [5, 5.41) is 11.8. The van der Waals surface area contributed by atoms with Crippen molar-refractivity contribution in [3.63, 3.8) is 0 Å². The summed E-state index contributed by atoms with van der Waals surface area (Å²) in [6.07, 6.45) is 5.28. The number of amides is 3. The molecule has 232 valence electrons. The lowest BCUT2D eigenvalue weighted by Gasteiger charge is -2.10. The van der Waals surface area contributed by atoms with Crippen LogP contribution in [-0.4, -0.2) is 40.8 Å². The third-order valence-corrected chi connectivity index (χ3v) is 7.64. The quantitative estimate of drug-likeness (QED) is 0.0668. The Bertz CT molecular complexity index is 1780. The molecule has 0 saturated carbocycles. The smallest absolute Gasteiger partial charge is 0.274 e. The number of fused-ring (bicyclic) bond motifs is 1. The summed E-state index contributed by atoms with van der Waals surface area (Å²) >= 11 is 0. The van der Waals surface area contributed by atoms with Gasteiger partial charge in [-0.15, -0.1) is 0 Å². The molecule has 0 saturated heterocycles. The molecule has 1 aliphatic rings. The van der Waals surface area contributed by atoms with Gasteiger partial charge in [0.15, 0.2) is 0 Å². The van der Waals surface area contributed by atoms with E-state index < -0.39 is 5.82 Å². The van der Waals surface area contributed by atoms with Crippen LogP contribution in [0.25, 0.3) is 11.6 Å². The summed E-state index contributed by atoms with van der Waals surface area (Å²) in [5.41, 5.74) is 11.2. The molecule has 45 heavy (non-hydrogen) atoms. The first-order valence-electron chi connectivity index (χ1n) is 14.9. The summed E-state index contributed by atoms with van der Waals surface area (Å²) in [6.45, 7) is 4.88. The number of pyridine rings is 1. The van der Waals surface area contributed by atoms with Gasteiger partial charge in [0.25, 0.3) is 17.7 Å². The second-order valence-electron chi connectivity index (χ2n) is 10.9. The summed E-state index contributed by atoms with van der Waals surface area (Å²) in [6, 6.07) is 16.5. The number of para-hydroxylation sites is 2. The molecule has 0 bridgehead atoms. The first-order valence-corrected chi connectivity index (χ1v) is 14.9. The molecule has 0 aliphatic carbocycles. The number of nitrogens with one attached hydrogen (secondary N) is 5. The van der Waals surface area contributed by atoms with Gasteiger partial charge in [-0.1, -0.05) is 31.0 Å². The molecule has 5 rings (SSSR count). The number of aromatic amines is 1. The fourth-order valence-electron chi connectivity index (χ4n) is 5.27. The normalized spacial score (nSPS) is 13.0. The number of nitrogens with two attached hydrogens (primary N) is 1. The zero-order chi connectivity index (χ0) is 31.9. The maximum atomic E-state index is 13.8. The number of nitrogens with zero attached hydrogens (tertiary/aromatic N) is 1. The Morgan fingerprint density at radius 2 is 1.73 bits per heavy atom. The lowest BCUT2D eigenvalue weighted by molar-refractivity contribution is -0.110. The van der Waals surface area contributed by atoms with Gasteiger partial charge in [0.05, 0.1) is 22.5 Å². The SMILES string of the molecule is Cc1[nH]c(/C=C2\C(=O)Nc3ccc(F)cc32)c(C)c1C(=O)NCCCCCCNc1cccc(C(=O)Nc2ccccc2N)n1. The molecule has 0 spiro atoms. The van der Waals surface area contributed by atoms with E-state index in [1.54, 1.807) is 42.5 Å². The number of aromatic nitrogens is 2. The first-order chi connectivity index (χ1) is 21.7. The zero-order valence-corrected chi connectivity index (χ0v) is 25.2. The van der Waals surface area contributed by atoms with Gasteiger partial charge in [-0.25, -0.2) is 9.37 Å². The van der Waals surface area contributed by atoms with Gasteiger partial charge in [-0.2, -0.15) is 0 Å². The Labute approximate surface area is 260 Å². The number of hydrogen-bond acceptors (Lipinski definition) is 6. The number of H-pyrrole nitrogens is 1. The molecule has 4 aromatic rings. The fraction of sp³-hybridized carbons (Fsp3) is 0.235. The van der Waals surface area contributed by atoms with Crippen LogP contribution in [0, 0.1) is 19.7 Å². The van der Waals surface area contributed by atoms with Crippen LogP contribution in [0.5, 0.6) is 0 Å². The topological polar surface area (TPSA) is 154 Å². The van der Waals surface area contributed by atoms with Gasteiger partial charge in [-0.05, 0) is 80.8 Å². The van der Waals surface area contributed by atoms with Crippen LogP contribution in [0.4, 0.5) is 27.3 Å². The number of aryl methyl sites for hydroxylation is 1. The molecule has 0 fully saturated rings. The van der Waals surface area contributed by atoms with E-state index >= 15 is 0 Å². The van der Waals surface area contributed by atoms with E-state index in [0.717, 1.165) is 31.2 Å². The lowest BCUT2D eigenvalue weighted by atomic mass is 10.0. The summed E-state index contributed by atoms with van der Waals surface area (Å²) in [5.74, 6) is -0.634. The highest BCUT2D eigenvalue weighted by atomic mass is 19.1. The monoisotopic (exact) mass is 609 g/mol. The predicted octanol–water partition coefficient (Wildman–Crippen LogP) is 5.90. The minimum absolute atomic E-state index is 0.181. The van der Waals surface area contributed by atoms with E-state index in [1.807, 2.05) is 19.9 Å². The summed E-state index contributed by atoms with van der Waals surface area (Å²) in [7, 11) is 0. The van der Waals surface area contributed by atoms with E-state index in [4.69, 9.17) is 5.73 Å². The molecule has 2 aromatic heterocycles. The first kappa shape index (κ1) is 31.0. The Morgan fingerprint density at radius 3 is 2.53 bits per heavy atom. The molecule has 0 atom stereocenters. The highest BCUT2D eigenvalue weighted by Gasteiger charge is 2.26. The van der Waals surface area contributed by atoms with Crippen molar-refractivity contribution in [2.24, 2.45) is 0 Å². The standard InChI is InChI=1S/C34H36FN7O3/c1-20-29(19-24-23-18-22(35)14-15-26(23)41-32(24)43)39-21(2)31(20)34(45)38-17-8-4-3-7-16-37-30-13-9-12-28(40-30)33(44)42-27-11-6-5-10-25(27)36/h5-6,9-15,18-19,39H,3-4,7-8,16-17,36H2,1-2H3,(H,37,40)(H,38,45)(H,41,43)(H,42,44)/b24-19-. The highest BCUT2D eigenvalue weighted by molar-refractivity contribution is 6.35. The van der Waals surface area contributed by atoms with E-state index in [0.29, 0.717) is 69.8 Å². The van der Waals surface area contributed by atoms with Crippen LogP contribution < -0.4 is 27.0 Å². The number of anilines is 4. The zero-order valence-electron chi connectivity index (χ0n) is 25.2. The Hall–Kier alpha value is -5.45. The maximum absolute atomic E-state index is 13.8.